The summed E-state index contributed by atoms with van der Waals surface area (Å²) in [5, 5.41) is 16.4. The first-order valence-electron chi connectivity index (χ1n) is 9.30. The molecule has 1 atom stereocenters. The van der Waals surface area contributed by atoms with E-state index in [1.165, 1.54) is 0 Å². The maximum Gasteiger partial charge on any atom is 0.213 e. The van der Waals surface area contributed by atoms with Crippen LogP contribution in [0.15, 0.2) is 72.8 Å². The van der Waals surface area contributed by atoms with Gasteiger partial charge >= 0.3 is 0 Å². The largest absolute Gasteiger partial charge is 0.487 e. The molecule has 0 aromatic heterocycles. The van der Waals surface area contributed by atoms with E-state index in [-0.39, 0.29) is 19.2 Å². The summed E-state index contributed by atoms with van der Waals surface area (Å²) >= 11 is 0. The van der Waals surface area contributed by atoms with Gasteiger partial charge in [-0.05, 0) is 17.0 Å². The fraction of sp³-hybridized carbons (Fsp3) is 0.304. The third kappa shape index (κ3) is 5.54. The monoisotopic (exact) mass is 365 g/mol. The Balaban J connectivity index is 1.72. The molecule has 0 saturated carbocycles. The molecule has 3 aromatic rings. The number of ether oxygens (including phenoxy) is 2. The molecule has 0 fully saturated rings. The van der Waals surface area contributed by atoms with E-state index < -0.39 is 5.79 Å². The summed E-state index contributed by atoms with van der Waals surface area (Å²) in [6.07, 6.45) is 0. The van der Waals surface area contributed by atoms with E-state index in [1.54, 1.807) is 0 Å². The molecule has 0 heterocycles. The molecule has 0 aliphatic carbocycles. The Hall–Kier alpha value is -2.40. The molecule has 4 heteroatoms. The molecule has 1 unspecified atom stereocenters. The lowest BCUT2D eigenvalue weighted by Gasteiger charge is -2.29. The first kappa shape index (κ1) is 19.4. The quantitative estimate of drug-likeness (QED) is 0.560. The van der Waals surface area contributed by atoms with Gasteiger partial charge in [-0.3, -0.25) is 0 Å². The first-order chi connectivity index (χ1) is 13.1. The Morgan fingerprint density at radius 1 is 0.926 bits per heavy atom. The van der Waals surface area contributed by atoms with Crippen molar-refractivity contribution in [3.8, 4) is 5.75 Å². The summed E-state index contributed by atoms with van der Waals surface area (Å²) < 4.78 is 11.9. The summed E-state index contributed by atoms with van der Waals surface area (Å²) in [5.41, 5.74) is 1.01. The second-order valence-electron chi connectivity index (χ2n) is 7.02. The number of rotatable bonds is 9. The Morgan fingerprint density at radius 2 is 1.63 bits per heavy atom. The van der Waals surface area contributed by atoms with E-state index in [0.29, 0.717) is 6.61 Å². The van der Waals surface area contributed by atoms with Crippen molar-refractivity contribution >= 4 is 10.8 Å². The second kappa shape index (κ2) is 9.00. The predicted molar refractivity (Wildman–Crippen MR) is 109 cm³/mol. The molecule has 3 aromatic carbocycles. The van der Waals surface area contributed by atoms with Crippen LogP contribution in [0.1, 0.15) is 19.4 Å². The van der Waals surface area contributed by atoms with Gasteiger partial charge in [0.1, 0.15) is 12.4 Å². The van der Waals surface area contributed by atoms with Gasteiger partial charge in [0.15, 0.2) is 0 Å². The first-order valence-corrected chi connectivity index (χ1v) is 9.30. The summed E-state index contributed by atoms with van der Waals surface area (Å²) in [5.74, 6) is -0.698. The third-order valence-electron chi connectivity index (χ3n) is 4.34. The van der Waals surface area contributed by atoms with Gasteiger partial charge in [-0.2, -0.15) is 0 Å². The molecule has 0 radical (unpaired) electrons. The molecule has 2 N–H and O–H groups in total. The highest BCUT2D eigenvalue weighted by atomic mass is 16.6. The van der Waals surface area contributed by atoms with Crippen LogP contribution in [-0.4, -0.2) is 30.1 Å². The number of benzene rings is 3. The van der Waals surface area contributed by atoms with Crippen molar-refractivity contribution in [2.24, 2.45) is 0 Å². The molecule has 0 amide bonds. The number of hydrogen-bond donors (Lipinski definition) is 2. The van der Waals surface area contributed by atoms with Crippen LogP contribution in [0.3, 0.4) is 0 Å². The topological polar surface area (TPSA) is 50.7 Å². The minimum absolute atomic E-state index is 0.0353. The Labute approximate surface area is 160 Å². The van der Waals surface area contributed by atoms with Gasteiger partial charge in [-0.1, -0.05) is 80.6 Å². The van der Waals surface area contributed by atoms with Crippen molar-refractivity contribution < 1.29 is 14.6 Å². The average Bonchev–Trinajstić information content (AvgIpc) is 2.70. The molecule has 0 spiro atoms. The lowest BCUT2D eigenvalue weighted by molar-refractivity contribution is -0.223. The average molecular weight is 365 g/mol. The molecule has 0 bridgehead atoms. The van der Waals surface area contributed by atoms with Crippen molar-refractivity contribution in [2.45, 2.75) is 32.3 Å². The van der Waals surface area contributed by atoms with Gasteiger partial charge in [-0.25, -0.2) is 0 Å². The predicted octanol–water partition coefficient (Wildman–Crippen LogP) is 4.12. The maximum atomic E-state index is 11.0. The highest BCUT2D eigenvalue weighted by Crippen LogP contribution is 2.26. The lowest BCUT2D eigenvalue weighted by Crippen LogP contribution is -2.49. The van der Waals surface area contributed by atoms with Crippen molar-refractivity contribution in [1.82, 2.24) is 5.32 Å². The second-order valence-corrected chi connectivity index (χ2v) is 7.02. The normalized spacial score (nSPS) is 13.6. The summed E-state index contributed by atoms with van der Waals surface area (Å²) in [6, 6.07) is 24.0. The van der Waals surface area contributed by atoms with Gasteiger partial charge in [0.25, 0.3) is 0 Å². The lowest BCUT2D eigenvalue weighted by atomic mass is 10.1. The zero-order valence-electron chi connectivity index (χ0n) is 15.9. The van der Waals surface area contributed by atoms with Gasteiger partial charge in [0.05, 0.1) is 13.2 Å². The maximum absolute atomic E-state index is 11.0. The van der Waals surface area contributed by atoms with Crippen LogP contribution in [-0.2, 0) is 11.3 Å². The van der Waals surface area contributed by atoms with Gasteiger partial charge in [-0.15, -0.1) is 0 Å². The van der Waals surface area contributed by atoms with E-state index in [1.807, 2.05) is 86.6 Å². The van der Waals surface area contributed by atoms with Crippen LogP contribution in [0.5, 0.6) is 5.75 Å². The molecule has 0 aliphatic rings. The molecular formula is C23H27NO3. The smallest absolute Gasteiger partial charge is 0.213 e. The van der Waals surface area contributed by atoms with Crippen LogP contribution in [0.4, 0.5) is 0 Å². The van der Waals surface area contributed by atoms with Gasteiger partial charge in [0, 0.05) is 11.4 Å². The van der Waals surface area contributed by atoms with Crippen LogP contribution in [0.25, 0.3) is 10.8 Å². The van der Waals surface area contributed by atoms with Gasteiger partial charge in [0.2, 0.25) is 5.79 Å². The fourth-order valence-electron chi connectivity index (χ4n) is 2.81. The van der Waals surface area contributed by atoms with Crippen molar-refractivity contribution in [2.75, 3.05) is 13.2 Å². The highest BCUT2D eigenvalue weighted by molar-refractivity contribution is 5.88. The fourth-order valence-corrected chi connectivity index (χ4v) is 2.81. The zero-order valence-corrected chi connectivity index (χ0v) is 15.9. The van der Waals surface area contributed by atoms with Crippen molar-refractivity contribution in [1.29, 1.82) is 0 Å². The van der Waals surface area contributed by atoms with Crippen LogP contribution < -0.4 is 10.1 Å². The summed E-state index contributed by atoms with van der Waals surface area (Å²) in [4.78, 5) is 0. The zero-order chi connectivity index (χ0) is 19.1. The van der Waals surface area contributed by atoms with Crippen LogP contribution in [0, 0.1) is 0 Å². The molecule has 0 aliphatic heterocycles. The van der Waals surface area contributed by atoms with E-state index in [4.69, 9.17) is 9.47 Å². The van der Waals surface area contributed by atoms with Gasteiger partial charge < -0.3 is 19.9 Å². The Bertz CT molecular complexity index is 845. The minimum atomic E-state index is -1.43. The van der Waals surface area contributed by atoms with E-state index in [2.05, 4.69) is 5.32 Å². The minimum Gasteiger partial charge on any atom is -0.487 e. The van der Waals surface area contributed by atoms with Crippen LogP contribution in [0.2, 0.25) is 0 Å². The van der Waals surface area contributed by atoms with E-state index in [9.17, 15) is 5.11 Å². The van der Waals surface area contributed by atoms with Crippen molar-refractivity contribution in [3.05, 3.63) is 78.4 Å². The summed E-state index contributed by atoms with van der Waals surface area (Å²) in [6.45, 7) is 4.69. The SMILES string of the molecule is CC(C)NCC(O)(COc1cccc2ccccc12)OCc1ccccc1. The van der Waals surface area contributed by atoms with E-state index >= 15 is 0 Å². The molecule has 142 valence electrons. The molecule has 0 saturated heterocycles. The highest BCUT2D eigenvalue weighted by Gasteiger charge is 2.29. The molecule has 27 heavy (non-hydrogen) atoms. The van der Waals surface area contributed by atoms with E-state index in [0.717, 1.165) is 22.1 Å². The number of aliphatic hydroxyl groups is 1. The standard InChI is InChI=1S/C23H27NO3/c1-18(2)24-16-23(25,27-15-19-9-4-3-5-10-19)17-26-22-14-8-12-20-11-6-7-13-21(20)22/h3-14,18,24-25H,15-17H2,1-2H3. The van der Waals surface area contributed by atoms with Crippen molar-refractivity contribution in [3.63, 3.8) is 0 Å². The molecule has 3 rings (SSSR count). The molecule has 4 nitrogen and oxygen atoms in total. The number of nitrogens with one attached hydrogen (secondary N) is 1. The molecular weight excluding hydrogens is 338 g/mol. The Morgan fingerprint density at radius 3 is 2.41 bits per heavy atom. The van der Waals surface area contributed by atoms with Crippen LogP contribution >= 0.6 is 0 Å². The number of fused-ring (bicyclic) bond motifs is 1. The number of hydrogen-bond acceptors (Lipinski definition) is 4. The summed E-state index contributed by atoms with van der Waals surface area (Å²) in [7, 11) is 0. The Kier molecular flexibility index (Phi) is 6.45. The third-order valence-corrected chi connectivity index (χ3v) is 4.34.